The number of amides is 2. The quantitative estimate of drug-likeness (QED) is 0.636. The zero-order valence-corrected chi connectivity index (χ0v) is 15.4. The van der Waals surface area contributed by atoms with E-state index >= 15 is 0 Å². The molecular formula is C17H21F3N2O6. The van der Waals surface area contributed by atoms with Crippen LogP contribution in [-0.2, 0) is 9.53 Å². The number of ether oxygens (including phenoxy) is 2. The Labute approximate surface area is 159 Å². The molecule has 0 aliphatic heterocycles. The van der Waals surface area contributed by atoms with E-state index in [1.165, 1.54) is 0 Å². The van der Waals surface area contributed by atoms with Crippen molar-refractivity contribution >= 4 is 17.8 Å². The minimum absolute atomic E-state index is 0.0111. The summed E-state index contributed by atoms with van der Waals surface area (Å²) in [6.07, 6.45) is -5.76. The molecule has 0 aromatic heterocycles. The highest BCUT2D eigenvalue weighted by atomic mass is 19.4. The van der Waals surface area contributed by atoms with Crippen molar-refractivity contribution in [1.29, 1.82) is 0 Å². The maximum Gasteiger partial charge on any atom is 0.573 e. The fraction of sp³-hybridized carbons (Fsp3) is 0.471. The zero-order valence-electron chi connectivity index (χ0n) is 15.4. The van der Waals surface area contributed by atoms with E-state index in [2.05, 4.69) is 15.4 Å². The molecule has 0 unspecified atom stereocenters. The lowest BCUT2D eigenvalue weighted by molar-refractivity contribution is -0.274. The highest BCUT2D eigenvalue weighted by Crippen LogP contribution is 2.22. The molecule has 1 aromatic carbocycles. The Bertz CT molecular complexity index is 698. The highest BCUT2D eigenvalue weighted by Gasteiger charge is 2.31. The third-order valence-electron chi connectivity index (χ3n) is 3.04. The lowest BCUT2D eigenvalue weighted by Crippen LogP contribution is -2.48. The Morgan fingerprint density at radius 1 is 1.11 bits per heavy atom. The number of aliphatic hydroxyl groups is 1. The normalized spacial score (nSPS) is 12.7. The van der Waals surface area contributed by atoms with Crippen molar-refractivity contribution in [3.05, 3.63) is 29.8 Å². The molecule has 0 aliphatic carbocycles. The van der Waals surface area contributed by atoms with E-state index in [0.29, 0.717) is 0 Å². The molecule has 0 saturated carbocycles. The molecule has 0 heterocycles. The van der Waals surface area contributed by atoms with Crippen LogP contribution >= 0.6 is 0 Å². The molecule has 0 fully saturated rings. The summed E-state index contributed by atoms with van der Waals surface area (Å²) in [5, 5.41) is 13.7. The lowest BCUT2D eigenvalue weighted by atomic mass is 10.1. The molecule has 28 heavy (non-hydrogen) atoms. The van der Waals surface area contributed by atoms with Gasteiger partial charge < -0.3 is 25.2 Å². The molecule has 0 radical (unpaired) electrons. The summed E-state index contributed by atoms with van der Waals surface area (Å²) < 4.78 is 45.0. The first-order chi connectivity index (χ1) is 12.8. The van der Waals surface area contributed by atoms with Crippen LogP contribution in [0.1, 0.15) is 31.1 Å². The van der Waals surface area contributed by atoms with Crippen molar-refractivity contribution < 1.29 is 42.1 Å². The van der Waals surface area contributed by atoms with Crippen molar-refractivity contribution in [2.45, 2.75) is 38.8 Å². The van der Waals surface area contributed by atoms with Gasteiger partial charge in [0, 0.05) is 5.56 Å². The van der Waals surface area contributed by atoms with Crippen molar-refractivity contribution in [2.24, 2.45) is 0 Å². The van der Waals surface area contributed by atoms with Gasteiger partial charge in [-0.15, -0.1) is 13.2 Å². The maximum atomic E-state index is 12.1. The predicted molar refractivity (Wildman–Crippen MR) is 90.7 cm³/mol. The molecule has 8 nitrogen and oxygen atoms in total. The molecule has 0 aliphatic rings. The molecule has 1 aromatic rings. The summed E-state index contributed by atoms with van der Waals surface area (Å²) in [6.45, 7) is 3.62. The number of carbonyl (C=O) groups excluding carboxylic acids is 3. The van der Waals surface area contributed by atoms with Gasteiger partial charge in [-0.1, -0.05) is 0 Å². The fourth-order valence-corrected chi connectivity index (χ4v) is 1.88. The number of rotatable bonds is 7. The Balaban J connectivity index is 2.58. The summed E-state index contributed by atoms with van der Waals surface area (Å²) in [5.74, 6) is -1.93. The summed E-state index contributed by atoms with van der Waals surface area (Å²) in [7, 11) is 0. The number of hydrogen-bond donors (Lipinski definition) is 3. The van der Waals surface area contributed by atoms with Crippen LogP contribution in [0.4, 0.5) is 18.0 Å². The van der Waals surface area contributed by atoms with Gasteiger partial charge in [-0.3, -0.25) is 9.59 Å². The monoisotopic (exact) mass is 406 g/mol. The predicted octanol–water partition coefficient (Wildman–Crippen LogP) is 1.77. The summed E-state index contributed by atoms with van der Waals surface area (Å²) in [4.78, 5) is 35.6. The largest absolute Gasteiger partial charge is 0.573 e. The van der Waals surface area contributed by atoms with Gasteiger partial charge in [0.1, 0.15) is 17.4 Å². The molecule has 2 amide bonds. The SMILES string of the molecule is CC(C)(C)OC(=O)N[C@@H](CO)C(=O)CNC(=O)c1ccc(OC(F)(F)F)cc1. The molecule has 0 spiro atoms. The third kappa shape index (κ3) is 8.71. The number of ketones is 1. The van der Waals surface area contributed by atoms with Gasteiger partial charge in [0.05, 0.1) is 13.2 Å². The van der Waals surface area contributed by atoms with Crippen LogP contribution in [0, 0.1) is 0 Å². The van der Waals surface area contributed by atoms with Crippen molar-refractivity contribution in [3.63, 3.8) is 0 Å². The summed E-state index contributed by atoms with van der Waals surface area (Å²) >= 11 is 0. The average molecular weight is 406 g/mol. The van der Waals surface area contributed by atoms with Crippen LogP contribution in [0.25, 0.3) is 0 Å². The first kappa shape index (κ1) is 23.2. The van der Waals surface area contributed by atoms with Crippen LogP contribution in [-0.4, -0.2) is 54.0 Å². The number of alkyl halides is 3. The van der Waals surface area contributed by atoms with E-state index in [0.717, 1.165) is 24.3 Å². The standard InChI is InChI=1S/C17H21F3N2O6/c1-16(2,3)28-15(26)22-12(9-23)13(24)8-21-14(25)10-4-6-11(7-5-10)27-17(18,19)20/h4-7,12,23H,8-9H2,1-3H3,(H,21,25)(H,22,26)/t12-/m0/s1. The van der Waals surface area contributed by atoms with Gasteiger partial charge in [-0.25, -0.2) is 4.79 Å². The number of Topliss-reactive ketones (excluding diaryl/α,β-unsaturated/α-hetero) is 1. The number of carbonyl (C=O) groups is 3. The minimum atomic E-state index is -4.85. The molecule has 1 atom stereocenters. The number of aliphatic hydroxyl groups excluding tert-OH is 1. The third-order valence-corrected chi connectivity index (χ3v) is 3.04. The Morgan fingerprint density at radius 2 is 1.68 bits per heavy atom. The van der Waals surface area contributed by atoms with Crippen LogP contribution in [0.2, 0.25) is 0 Å². The van der Waals surface area contributed by atoms with Gasteiger partial charge in [0.25, 0.3) is 5.91 Å². The molecule has 3 N–H and O–H groups in total. The van der Waals surface area contributed by atoms with E-state index in [9.17, 15) is 32.7 Å². The van der Waals surface area contributed by atoms with Crippen LogP contribution < -0.4 is 15.4 Å². The second-order valence-corrected chi connectivity index (χ2v) is 6.60. The van der Waals surface area contributed by atoms with Crippen LogP contribution in [0.15, 0.2) is 24.3 Å². The van der Waals surface area contributed by atoms with Crippen molar-refractivity contribution in [1.82, 2.24) is 10.6 Å². The van der Waals surface area contributed by atoms with Crippen LogP contribution in [0.5, 0.6) is 5.75 Å². The Kier molecular flexibility index (Phi) is 7.79. The van der Waals surface area contributed by atoms with Crippen molar-refractivity contribution in [2.75, 3.05) is 13.2 Å². The average Bonchev–Trinajstić information content (AvgIpc) is 2.54. The fourth-order valence-electron chi connectivity index (χ4n) is 1.88. The van der Waals surface area contributed by atoms with E-state index in [-0.39, 0.29) is 5.56 Å². The van der Waals surface area contributed by atoms with Gasteiger partial charge in [0.15, 0.2) is 5.78 Å². The molecule has 11 heteroatoms. The Hall–Kier alpha value is -2.82. The molecule has 1 rings (SSSR count). The summed E-state index contributed by atoms with van der Waals surface area (Å²) in [6, 6.07) is 2.78. The van der Waals surface area contributed by atoms with Gasteiger partial charge in [0.2, 0.25) is 0 Å². The zero-order chi connectivity index (χ0) is 21.5. The van der Waals surface area contributed by atoms with E-state index in [1.54, 1.807) is 20.8 Å². The van der Waals surface area contributed by atoms with Crippen LogP contribution in [0.3, 0.4) is 0 Å². The smallest absolute Gasteiger partial charge is 0.444 e. The number of nitrogens with one attached hydrogen (secondary N) is 2. The van der Waals surface area contributed by atoms with Gasteiger partial charge in [-0.05, 0) is 45.0 Å². The molecule has 0 bridgehead atoms. The number of halogens is 3. The van der Waals surface area contributed by atoms with Gasteiger partial charge >= 0.3 is 12.5 Å². The van der Waals surface area contributed by atoms with E-state index in [4.69, 9.17) is 4.74 Å². The lowest BCUT2D eigenvalue weighted by Gasteiger charge is -2.22. The molecule has 0 saturated heterocycles. The molecular weight excluding hydrogens is 385 g/mol. The first-order valence-electron chi connectivity index (χ1n) is 8.08. The maximum absolute atomic E-state index is 12.1. The van der Waals surface area contributed by atoms with Crippen molar-refractivity contribution in [3.8, 4) is 5.75 Å². The van der Waals surface area contributed by atoms with Gasteiger partial charge in [-0.2, -0.15) is 0 Å². The second kappa shape index (κ2) is 9.40. The molecule has 156 valence electrons. The topological polar surface area (TPSA) is 114 Å². The second-order valence-electron chi connectivity index (χ2n) is 6.60. The first-order valence-corrected chi connectivity index (χ1v) is 8.08. The highest BCUT2D eigenvalue weighted by molar-refractivity contribution is 5.98. The van der Waals surface area contributed by atoms with E-state index in [1.807, 2.05) is 0 Å². The summed E-state index contributed by atoms with van der Waals surface area (Å²) in [5.41, 5.74) is -0.813. The number of alkyl carbamates (subject to hydrolysis) is 1. The van der Waals surface area contributed by atoms with E-state index < -0.39 is 54.7 Å². The minimum Gasteiger partial charge on any atom is -0.444 e. The number of hydrogen-bond acceptors (Lipinski definition) is 6. The number of benzene rings is 1. The Morgan fingerprint density at radius 3 is 2.14 bits per heavy atom.